The van der Waals surface area contributed by atoms with Crippen molar-refractivity contribution < 1.29 is 14.3 Å². The van der Waals surface area contributed by atoms with Crippen LogP contribution in [0.25, 0.3) is 0 Å². The summed E-state index contributed by atoms with van der Waals surface area (Å²) in [7, 11) is 0. The lowest BCUT2D eigenvalue weighted by Gasteiger charge is -2.19. The quantitative estimate of drug-likeness (QED) is 0.829. The van der Waals surface area contributed by atoms with Crippen molar-refractivity contribution in [3.05, 3.63) is 23.1 Å². The number of aliphatic hydroxyl groups excluding tert-OH is 1. The summed E-state index contributed by atoms with van der Waals surface area (Å²) in [4.78, 5) is 11.6. The molecule has 0 aliphatic rings. The average molecular weight is 232 g/mol. The van der Waals surface area contributed by atoms with Crippen molar-refractivity contribution in [3.8, 4) is 0 Å². The van der Waals surface area contributed by atoms with Crippen LogP contribution in [0.1, 0.15) is 24.2 Å². The molecule has 0 radical (unpaired) electrons. The molecule has 0 spiro atoms. The van der Waals surface area contributed by atoms with E-state index in [4.69, 9.17) is 21.1 Å². The van der Waals surface area contributed by atoms with Gasteiger partial charge in [0.05, 0.1) is 24.5 Å². The van der Waals surface area contributed by atoms with Gasteiger partial charge in [0.25, 0.3) is 5.91 Å². The molecule has 15 heavy (non-hydrogen) atoms. The van der Waals surface area contributed by atoms with E-state index in [9.17, 15) is 4.79 Å². The van der Waals surface area contributed by atoms with Crippen molar-refractivity contribution in [3.63, 3.8) is 0 Å². The third-order valence-corrected chi connectivity index (χ3v) is 2.47. The van der Waals surface area contributed by atoms with Crippen LogP contribution in [-0.4, -0.2) is 23.7 Å². The molecule has 1 unspecified atom stereocenters. The van der Waals surface area contributed by atoms with Crippen molar-refractivity contribution in [2.45, 2.75) is 19.9 Å². The summed E-state index contributed by atoms with van der Waals surface area (Å²) in [6, 6.07) is 1.22. The summed E-state index contributed by atoms with van der Waals surface area (Å²) in [6.45, 7) is 3.73. The number of rotatable bonds is 4. The highest BCUT2D eigenvalue weighted by molar-refractivity contribution is 6.32. The fourth-order valence-electron chi connectivity index (χ4n) is 1.13. The molecule has 0 aromatic carbocycles. The predicted molar refractivity (Wildman–Crippen MR) is 56.9 cm³/mol. The summed E-state index contributed by atoms with van der Waals surface area (Å²) in [6.07, 6.45) is 1.35. The van der Waals surface area contributed by atoms with Gasteiger partial charge in [0.1, 0.15) is 0 Å². The minimum absolute atomic E-state index is 0.0629. The summed E-state index contributed by atoms with van der Waals surface area (Å²) < 4.78 is 4.80. The lowest BCUT2D eigenvalue weighted by Crippen LogP contribution is -2.41. The molecule has 1 rings (SSSR count). The second-order valence-corrected chi connectivity index (χ2v) is 3.96. The molecule has 1 aromatic rings. The Bertz CT molecular complexity index is 335. The maximum Gasteiger partial charge on any atom is 0.256 e. The summed E-state index contributed by atoms with van der Waals surface area (Å²) in [5.41, 5.74) is 0.288. The highest BCUT2D eigenvalue weighted by atomic mass is 35.5. The van der Waals surface area contributed by atoms with Gasteiger partial charge in [-0.3, -0.25) is 4.79 Å². The number of hydrogen-bond acceptors (Lipinski definition) is 3. The van der Waals surface area contributed by atoms with Gasteiger partial charge in [-0.1, -0.05) is 13.8 Å². The molecule has 4 nitrogen and oxygen atoms in total. The molecule has 84 valence electrons. The number of amides is 1. The Morgan fingerprint density at radius 1 is 1.67 bits per heavy atom. The smallest absolute Gasteiger partial charge is 0.256 e. The van der Waals surface area contributed by atoms with E-state index in [2.05, 4.69) is 5.32 Å². The van der Waals surface area contributed by atoms with Crippen molar-refractivity contribution in [2.75, 3.05) is 6.61 Å². The minimum atomic E-state index is -0.332. The van der Waals surface area contributed by atoms with Crippen LogP contribution >= 0.6 is 11.6 Å². The van der Waals surface area contributed by atoms with E-state index in [0.717, 1.165) is 0 Å². The second-order valence-electron chi connectivity index (χ2n) is 3.61. The highest BCUT2D eigenvalue weighted by Gasteiger charge is 2.19. The molecule has 0 aliphatic carbocycles. The van der Waals surface area contributed by atoms with Crippen LogP contribution in [0.3, 0.4) is 0 Å². The molecule has 1 atom stereocenters. The van der Waals surface area contributed by atoms with Gasteiger partial charge in [-0.25, -0.2) is 0 Å². The number of carbonyl (C=O) groups excluding carboxylic acids is 1. The molecule has 0 bridgehead atoms. The van der Waals surface area contributed by atoms with Crippen molar-refractivity contribution in [1.29, 1.82) is 0 Å². The fourth-order valence-corrected chi connectivity index (χ4v) is 1.33. The van der Waals surface area contributed by atoms with E-state index in [1.54, 1.807) is 0 Å². The Morgan fingerprint density at radius 2 is 2.33 bits per heavy atom. The van der Waals surface area contributed by atoms with E-state index in [0.29, 0.717) is 0 Å². The first-order valence-electron chi connectivity index (χ1n) is 4.71. The maximum atomic E-state index is 11.6. The predicted octanol–water partition coefficient (Wildman–Crippen LogP) is 1.68. The van der Waals surface area contributed by atoms with Crippen LogP contribution in [0.5, 0.6) is 0 Å². The average Bonchev–Trinajstić information content (AvgIpc) is 2.60. The SMILES string of the molecule is CC(C)C(CO)NC(=O)c1ccoc1Cl. The molecule has 0 aliphatic heterocycles. The molecule has 0 fully saturated rings. The number of carbonyl (C=O) groups is 1. The van der Waals surface area contributed by atoms with Gasteiger partial charge >= 0.3 is 0 Å². The number of aliphatic hydroxyl groups is 1. The normalized spacial score (nSPS) is 12.9. The van der Waals surface area contributed by atoms with Crippen LogP contribution in [0.4, 0.5) is 0 Å². The standard InChI is InChI=1S/C10H14ClNO3/c1-6(2)8(5-13)12-10(14)7-3-4-15-9(7)11/h3-4,6,8,13H,5H2,1-2H3,(H,12,14). The molecule has 2 N–H and O–H groups in total. The molecule has 0 saturated heterocycles. The zero-order valence-electron chi connectivity index (χ0n) is 8.66. The Hall–Kier alpha value is -1.00. The lowest BCUT2D eigenvalue weighted by atomic mass is 10.1. The van der Waals surface area contributed by atoms with Gasteiger partial charge in [0.2, 0.25) is 5.22 Å². The molecule has 1 aromatic heterocycles. The third-order valence-electron chi connectivity index (χ3n) is 2.18. The van der Waals surface area contributed by atoms with Gasteiger partial charge in [0, 0.05) is 0 Å². The maximum absolute atomic E-state index is 11.6. The number of halogens is 1. The van der Waals surface area contributed by atoms with Crippen molar-refractivity contribution in [2.24, 2.45) is 5.92 Å². The number of nitrogens with one attached hydrogen (secondary N) is 1. The Kier molecular flexibility index (Phi) is 4.17. The monoisotopic (exact) mass is 231 g/mol. The van der Waals surface area contributed by atoms with Crippen LogP contribution in [0.2, 0.25) is 5.22 Å². The first-order valence-corrected chi connectivity index (χ1v) is 5.08. The molecule has 1 heterocycles. The van der Waals surface area contributed by atoms with E-state index in [1.165, 1.54) is 12.3 Å². The Balaban J connectivity index is 2.67. The Labute approximate surface area is 93.2 Å². The van der Waals surface area contributed by atoms with Crippen LogP contribution < -0.4 is 5.32 Å². The van der Waals surface area contributed by atoms with Gasteiger partial charge in [-0.15, -0.1) is 0 Å². The summed E-state index contributed by atoms with van der Waals surface area (Å²) in [5, 5.41) is 11.8. The van der Waals surface area contributed by atoms with E-state index < -0.39 is 0 Å². The third kappa shape index (κ3) is 2.97. The molecule has 1 amide bonds. The molecule has 0 saturated carbocycles. The second kappa shape index (κ2) is 5.19. The zero-order chi connectivity index (χ0) is 11.4. The van der Waals surface area contributed by atoms with Gasteiger partial charge in [-0.05, 0) is 23.6 Å². The van der Waals surface area contributed by atoms with Crippen LogP contribution in [-0.2, 0) is 0 Å². The fraction of sp³-hybridized carbons (Fsp3) is 0.500. The summed E-state index contributed by atoms with van der Waals surface area (Å²) in [5.74, 6) is -0.175. The van der Waals surface area contributed by atoms with E-state index in [1.807, 2.05) is 13.8 Å². The zero-order valence-corrected chi connectivity index (χ0v) is 9.41. The van der Waals surface area contributed by atoms with Crippen LogP contribution in [0.15, 0.2) is 16.7 Å². The van der Waals surface area contributed by atoms with Crippen molar-refractivity contribution >= 4 is 17.5 Å². The first-order chi connectivity index (χ1) is 7.06. The van der Waals surface area contributed by atoms with Gasteiger partial charge < -0.3 is 14.8 Å². The van der Waals surface area contributed by atoms with Crippen LogP contribution in [0, 0.1) is 5.92 Å². The topological polar surface area (TPSA) is 62.5 Å². The van der Waals surface area contributed by atoms with Crippen molar-refractivity contribution in [1.82, 2.24) is 5.32 Å². The molecular formula is C10H14ClNO3. The van der Waals surface area contributed by atoms with Gasteiger partial charge in [-0.2, -0.15) is 0 Å². The molecular weight excluding hydrogens is 218 g/mol. The van der Waals surface area contributed by atoms with E-state index in [-0.39, 0.29) is 35.3 Å². The Morgan fingerprint density at radius 3 is 2.73 bits per heavy atom. The largest absolute Gasteiger partial charge is 0.452 e. The molecule has 5 heteroatoms. The van der Waals surface area contributed by atoms with Gasteiger partial charge in [0.15, 0.2) is 0 Å². The van der Waals surface area contributed by atoms with E-state index >= 15 is 0 Å². The lowest BCUT2D eigenvalue weighted by molar-refractivity contribution is 0.0896. The number of furan rings is 1. The first kappa shape index (κ1) is 12.1. The summed E-state index contributed by atoms with van der Waals surface area (Å²) >= 11 is 5.65. The highest BCUT2D eigenvalue weighted by Crippen LogP contribution is 2.16. The minimum Gasteiger partial charge on any atom is -0.452 e. The number of hydrogen-bond donors (Lipinski definition) is 2.